The van der Waals surface area contributed by atoms with Crippen LogP contribution in [0.5, 0.6) is 0 Å². The number of esters is 1. The Bertz CT molecular complexity index is 943. The van der Waals surface area contributed by atoms with Crippen molar-refractivity contribution in [3.63, 3.8) is 0 Å². The van der Waals surface area contributed by atoms with Crippen molar-refractivity contribution in [2.45, 2.75) is 6.54 Å². The molecule has 0 saturated heterocycles. The molecule has 0 saturated carbocycles. The Morgan fingerprint density at radius 3 is 3.00 bits per heavy atom. The monoisotopic (exact) mass is 326 g/mol. The Hall–Kier alpha value is -2.91. The topological polar surface area (TPSA) is 80.8 Å². The van der Waals surface area contributed by atoms with Gasteiger partial charge in [-0.3, -0.25) is 9.67 Å². The molecule has 2 heterocycles. The number of hydrogen-bond acceptors (Lipinski definition) is 5. The molecule has 0 aliphatic rings. The van der Waals surface area contributed by atoms with Crippen LogP contribution in [0.4, 0.5) is 0 Å². The van der Waals surface area contributed by atoms with Crippen LogP contribution in [0.2, 0.25) is 5.02 Å². The molecule has 23 heavy (non-hydrogen) atoms. The van der Waals surface area contributed by atoms with E-state index in [1.165, 1.54) is 18.0 Å². The predicted octanol–water partition coefficient (Wildman–Crippen LogP) is 2.79. The van der Waals surface area contributed by atoms with Gasteiger partial charge >= 0.3 is 5.97 Å². The zero-order chi connectivity index (χ0) is 16.4. The van der Waals surface area contributed by atoms with Gasteiger partial charge in [0.1, 0.15) is 11.6 Å². The zero-order valence-electron chi connectivity index (χ0n) is 12.2. The van der Waals surface area contributed by atoms with Gasteiger partial charge in [-0.2, -0.15) is 10.4 Å². The van der Waals surface area contributed by atoms with Crippen LogP contribution in [0.15, 0.2) is 36.7 Å². The van der Waals surface area contributed by atoms with Crippen molar-refractivity contribution in [3.8, 4) is 6.07 Å². The smallest absolute Gasteiger partial charge is 0.359 e. The number of halogens is 1. The SMILES string of the molecule is COC(=O)c1nn(Cc2ccc3ncc(Cl)cc3c2)cc1C#N. The molecule has 0 atom stereocenters. The van der Waals surface area contributed by atoms with Gasteiger partial charge in [-0.1, -0.05) is 17.7 Å². The standard InChI is InChI=1S/C16H11ClN4O2/c1-23-16(22)15-12(6-18)9-21(20-15)8-10-2-3-14-11(4-10)5-13(17)7-19-14/h2-5,7,9H,8H2,1H3. The molecule has 0 aliphatic heterocycles. The van der Waals surface area contributed by atoms with Gasteiger partial charge in [0.2, 0.25) is 0 Å². The van der Waals surface area contributed by atoms with Crippen LogP contribution in [0.1, 0.15) is 21.6 Å². The molecule has 114 valence electrons. The number of hydrogen-bond donors (Lipinski definition) is 0. The lowest BCUT2D eigenvalue weighted by molar-refractivity contribution is 0.0592. The molecule has 0 spiro atoms. The summed E-state index contributed by atoms with van der Waals surface area (Å²) in [5, 5.41) is 14.7. The third kappa shape index (κ3) is 3.00. The van der Waals surface area contributed by atoms with Crippen LogP contribution >= 0.6 is 11.6 Å². The summed E-state index contributed by atoms with van der Waals surface area (Å²) >= 11 is 5.96. The van der Waals surface area contributed by atoms with Crippen LogP contribution in [0.3, 0.4) is 0 Å². The van der Waals surface area contributed by atoms with E-state index in [1.807, 2.05) is 30.3 Å². The van der Waals surface area contributed by atoms with Gasteiger partial charge in [-0.25, -0.2) is 4.79 Å². The summed E-state index contributed by atoms with van der Waals surface area (Å²) in [4.78, 5) is 15.8. The highest BCUT2D eigenvalue weighted by Gasteiger charge is 2.17. The second-order valence-corrected chi connectivity index (χ2v) is 5.31. The van der Waals surface area contributed by atoms with E-state index in [4.69, 9.17) is 16.9 Å². The second-order valence-electron chi connectivity index (χ2n) is 4.87. The van der Waals surface area contributed by atoms with E-state index in [-0.39, 0.29) is 11.3 Å². The quantitative estimate of drug-likeness (QED) is 0.691. The molecule has 3 aromatic rings. The molecule has 3 rings (SSSR count). The minimum atomic E-state index is -0.630. The highest BCUT2D eigenvalue weighted by Crippen LogP contribution is 2.19. The lowest BCUT2D eigenvalue weighted by atomic mass is 10.1. The summed E-state index contributed by atoms with van der Waals surface area (Å²) in [5.41, 5.74) is 1.99. The first-order valence-corrected chi connectivity index (χ1v) is 7.08. The maximum absolute atomic E-state index is 11.6. The van der Waals surface area contributed by atoms with Gasteiger partial charge in [0.25, 0.3) is 0 Å². The van der Waals surface area contributed by atoms with Crippen molar-refractivity contribution < 1.29 is 9.53 Å². The minimum absolute atomic E-state index is 0.0144. The summed E-state index contributed by atoms with van der Waals surface area (Å²) in [6, 6.07) is 9.51. The molecular formula is C16H11ClN4O2. The highest BCUT2D eigenvalue weighted by atomic mass is 35.5. The summed E-state index contributed by atoms with van der Waals surface area (Å²) in [7, 11) is 1.25. The minimum Gasteiger partial charge on any atom is -0.464 e. The molecule has 6 nitrogen and oxygen atoms in total. The zero-order valence-corrected chi connectivity index (χ0v) is 12.9. The van der Waals surface area contributed by atoms with Crippen molar-refractivity contribution in [1.82, 2.24) is 14.8 Å². The number of ether oxygens (including phenoxy) is 1. The maximum Gasteiger partial charge on any atom is 0.359 e. The van der Waals surface area contributed by atoms with E-state index in [1.54, 1.807) is 6.20 Å². The number of aromatic nitrogens is 3. The lowest BCUT2D eigenvalue weighted by Gasteiger charge is -2.04. The van der Waals surface area contributed by atoms with Crippen molar-refractivity contribution in [3.05, 3.63) is 58.5 Å². The Kier molecular flexibility index (Phi) is 3.96. The number of carbonyl (C=O) groups is 1. The van der Waals surface area contributed by atoms with E-state index >= 15 is 0 Å². The second kappa shape index (κ2) is 6.07. The molecule has 7 heteroatoms. The van der Waals surface area contributed by atoms with E-state index in [9.17, 15) is 4.79 Å². The predicted molar refractivity (Wildman–Crippen MR) is 84.1 cm³/mol. The first-order chi connectivity index (χ1) is 11.1. The molecular weight excluding hydrogens is 316 g/mol. The van der Waals surface area contributed by atoms with Gasteiger partial charge in [0, 0.05) is 17.8 Å². The number of methoxy groups -OCH3 is 1. The normalized spacial score (nSPS) is 10.5. The average molecular weight is 327 g/mol. The molecule has 0 N–H and O–H groups in total. The molecule has 0 fully saturated rings. The third-order valence-electron chi connectivity index (χ3n) is 3.32. The molecule has 0 unspecified atom stereocenters. The van der Waals surface area contributed by atoms with Gasteiger partial charge in [-0.05, 0) is 23.8 Å². The summed E-state index contributed by atoms with van der Waals surface area (Å²) in [6.45, 7) is 0.411. The lowest BCUT2D eigenvalue weighted by Crippen LogP contribution is -2.06. The van der Waals surface area contributed by atoms with Crippen molar-refractivity contribution in [2.24, 2.45) is 0 Å². The third-order valence-corrected chi connectivity index (χ3v) is 3.52. The molecule has 1 aromatic carbocycles. The summed E-state index contributed by atoms with van der Waals surface area (Å²) < 4.78 is 6.16. The first kappa shape index (κ1) is 15.0. The summed E-state index contributed by atoms with van der Waals surface area (Å²) in [6.07, 6.45) is 3.12. The maximum atomic E-state index is 11.6. The van der Waals surface area contributed by atoms with Gasteiger partial charge in [0.05, 0.1) is 24.2 Å². The Balaban J connectivity index is 1.94. The fourth-order valence-electron chi connectivity index (χ4n) is 2.27. The van der Waals surface area contributed by atoms with E-state index < -0.39 is 5.97 Å². The highest BCUT2D eigenvalue weighted by molar-refractivity contribution is 6.31. The average Bonchev–Trinajstić information content (AvgIpc) is 2.96. The molecule has 2 aromatic heterocycles. The number of fused-ring (bicyclic) bond motifs is 1. The van der Waals surface area contributed by atoms with Crippen molar-refractivity contribution >= 4 is 28.5 Å². The number of rotatable bonds is 3. The van der Waals surface area contributed by atoms with Gasteiger partial charge in [0.15, 0.2) is 5.69 Å². The Morgan fingerprint density at radius 2 is 2.26 bits per heavy atom. The van der Waals surface area contributed by atoms with Gasteiger partial charge < -0.3 is 4.74 Å². The van der Waals surface area contributed by atoms with Crippen molar-refractivity contribution in [2.75, 3.05) is 7.11 Å². The molecule has 0 bridgehead atoms. The number of benzene rings is 1. The number of nitriles is 1. The molecule has 0 radical (unpaired) electrons. The first-order valence-electron chi connectivity index (χ1n) is 6.71. The largest absolute Gasteiger partial charge is 0.464 e. The van der Waals surface area contributed by atoms with E-state index in [2.05, 4.69) is 14.8 Å². The van der Waals surface area contributed by atoms with E-state index in [0.29, 0.717) is 11.6 Å². The fraction of sp³-hybridized carbons (Fsp3) is 0.125. The summed E-state index contributed by atoms with van der Waals surface area (Å²) in [5.74, 6) is -0.630. The van der Waals surface area contributed by atoms with Crippen LogP contribution in [0, 0.1) is 11.3 Å². The number of nitrogens with zero attached hydrogens (tertiary/aromatic N) is 4. The van der Waals surface area contributed by atoms with Crippen molar-refractivity contribution in [1.29, 1.82) is 5.26 Å². The Labute approximate surface area is 136 Å². The van der Waals surface area contributed by atoms with Crippen LogP contribution in [0.25, 0.3) is 10.9 Å². The Morgan fingerprint density at radius 1 is 1.43 bits per heavy atom. The van der Waals surface area contributed by atoms with Gasteiger partial charge in [-0.15, -0.1) is 0 Å². The number of pyridine rings is 1. The van der Waals surface area contributed by atoms with E-state index in [0.717, 1.165) is 16.5 Å². The van der Waals surface area contributed by atoms with Crippen LogP contribution in [-0.2, 0) is 11.3 Å². The molecule has 0 amide bonds. The van der Waals surface area contributed by atoms with Crippen LogP contribution in [-0.4, -0.2) is 27.8 Å². The molecule has 0 aliphatic carbocycles. The van der Waals surface area contributed by atoms with Crippen LogP contribution < -0.4 is 0 Å². The fourth-order valence-corrected chi connectivity index (χ4v) is 2.44. The number of carbonyl (C=O) groups excluding carboxylic acids is 1.